The number of carbonyl (C=O) groups is 1. The third-order valence-corrected chi connectivity index (χ3v) is 5.19. The van der Waals surface area contributed by atoms with Crippen LogP contribution in [0.4, 0.5) is 14.5 Å². The van der Waals surface area contributed by atoms with Crippen molar-refractivity contribution in [2.24, 2.45) is 0 Å². The molecule has 6 nitrogen and oxygen atoms in total. The van der Waals surface area contributed by atoms with Gasteiger partial charge in [-0.05, 0) is 49.2 Å². The fraction of sp³-hybridized carbons (Fsp3) is 0.316. The fourth-order valence-electron chi connectivity index (χ4n) is 2.39. The molecule has 28 heavy (non-hydrogen) atoms. The molecule has 1 N–H and O–H groups in total. The van der Waals surface area contributed by atoms with Crippen molar-refractivity contribution in [3.63, 3.8) is 0 Å². The van der Waals surface area contributed by atoms with Gasteiger partial charge in [-0.2, -0.15) is 0 Å². The van der Waals surface area contributed by atoms with E-state index in [0.29, 0.717) is 10.1 Å². The van der Waals surface area contributed by atoms with Gasteiger partial charge >= 0.3 is 0 Å². The summed E-state index contributed by atoms with van der Waals surface area (Å²) in [5, 5.41) is 2.54. The minimum Gasteiger partial charge on any atom is -0.492 e. The van der Waals surface area contributed by atoms with Crippen molar-refractivity contribution in [1.29, 1.82) is 0 Å². The van der Waals surface area contributed by atoms with Gasteiger partial charge in [-0.1, -0.05) is 6.07 Å². The number of sulfonamides is 1. The Morgan fingerprint density at radius 3 is 2.39 bits per heavy atom. The minimum atomic E-state index is -3.87. The molecule has 0 aliphatic carbocycles. The van der Waals surface area contributed by atoms with Crippen LogP contribution in [-0.2, 0) is 14.8 Å². The highest BCUT2D eigenvalue weighted by molar-refractivity contribution is 7.92. The largest absolute Gasteiger partial charge is 0.492 e. The van der Waals surface area contributed by atoms with Crippen LogP contribution in [0, 0.1) is 25.5 Å². The number of nitrogens with one attached hydrogen (secondary N) is 1. The van der Waals surface area contributed by atoms with E-state index in [1.165, 1.54) is 0 Å². The van der Waals surface area contributed by atoms with Gasteiger partial charge in [0.15, 0.2) is 11.6 Å². The summed E-state index contributed by atoms with van der Waals surface area (Å²) in [6.45, 7) is 3.73. The van der Waals surface area contributed by atoms with Crippen molar-refractivity contribution in [1.82, 2.24) is 5.32 Å². The lowest BCUT2D eigenvalue weighted by atomic mass is 10.1. The Hall–Kier alpha value is -2.68. The Morgan fingerprint density at radius 2 is 1.79 bits per heavy atom. The number of carbonyl (C=O) groups excluding carboxylic acids is 1. The molecular formula is C19H22F2N2O4S. The molecule has 2 rings (SSSR count). The number of amides is 1. The van der Waals surface area contributed by atoms with E-state index in [2.05, 4.69) is 5.32 Å². The Bertz CT molecular complexity index is 964. The first-order chi connectivity index (χ1) is 13.1. The van der Waals surface area contributed by atoms with Crippen LogP contribution in [0.15, 0.2) is 36.4 Å². The van der Waals surface area contributed by atoms with E-state index in [9.17, 15) is 22.0 Å². The van der Waals surface area contributed by atoms with E-state index in [-0.39, 0.29) is 18.8 Å². The average molecular weight is 412 g/mol. The van der Waals surface area contributed by atoms with Crippen LogP contribution in [0.5, 0.6) is 5.75 Å². The van der Waals surface area contributed by atoms with Gasteiger partial charge in [-0.3, -0.25) is 9.10 Å². The zero-order chi connectivity index (χ0) is 20.9. The second-order valence-corrected chi connectivity index (χ2v) is 8.22. The molecule has 0 spiro atoms. The monoisotopic (exact) mass is 412 g/mol. The van der Waals surface area contributed by atoms with Crippen molar-refractivity contribution in [3.8, 4) is 5.75 Å². The zero-order valence-corrected chi connectivity index (χ0v) is 16.6. The first-order valence-corrected chi connectivity index (χ1v) is 10.3. The molecule has 9 heteroatoms. The molecule has 0 saturated heterocycles. The van der Waals surface area contributed by atoms with Gasteiger partial charge in [0.1, 0.15) is 18.9 Å². The van der Waals surface area contributed by atoms with Gasteiger partial charge < -0.3 is 10.1 Å². The van der Waals surface area contributed by atoms with Crippen molar-refractivity contribution < 1.29 is 26.7 Å². The highest BCUT2D eigenvalue weighted by Gasteiger charge is 2.21. The quantitative estimate of drug-likeness (QED) is 0.676. The molecule has 2 aromatic carbocycles. The van der Waals surface area contributed by atoms with Gasteiger partial charge in [0.05, 0.1) is 18.5 Å². The average Bonchev–Trinajstić information content (AvgIpc) is 2.61. The third kappa shape index (κ3) is 5.91. The van der Waals surface area contributed by atoms with Crippen LogP contribution < -0.4 is 14.4 Å². The molecule has 1 amide bonds. The summed E-state index contributed by atoms with van der Waals surface area (Å²) >= 11 is 0. The summed E-state index contributed by atoms with van der Waals surface area (Å²) in [5.74, 6) is -2.24. The molecular weight excluding hydrogens is 390 g/mol. The molecule has 0 unspecified atom stereocenters. The molecule has 152 valence electrons. The van der Waals surface area contributed by atoms with Gasteiger partial charge in [-0.15, -0.1) is 0 Å². The molecule has 0 bridgehead atoms. The lowest BCUT2D eigenvalue weighted by Gasteiger charge is -2.22. The summed E-state index contributed by atoms with van der Waals surface area (Å²) in [4.78, 5) is 12.1. The minimum absolute atomic E-state index is 0.136. The number of halogens is 2. The van der Waals surface area contributed by atoms with Gasteiger partial charge in [0, 0.05) is 6.07 Å². The molecule has 0 aliphatic rings. The number of hydrogen-bond donors (Lipinski definition) is 1. The number of hydrogen-bond acceptors (Lipinski definition) is 4. The second-order valence-electron chi connectivity index (χ2n) is 6.31. The molecule has 0 heterocycles. The number of anilines is 1. The van der Waals surface area contributed by atoms with Crippen LogP contribution >= 0.6 is 0 Å². The molecule has 0 radical (unpaired) electrons. The first kappa shape index (κ1) is 21.6. The van der Waals surface area contributed by atoms with Crippen molar-refractivity contribution in [2.75, 3.05) is 30.3 Å². The maximum atomic E-state index is 13.4. The van der Waals surface area contributed by atoms with E-state index in [1.807, 2.05) is 32.0 Å². The van der Waals surface area contributed by atoms with Crippen molar-refractivity contribution in [2.45, 2.75) is 13.8 Å². The summed E-state index contributed by atoms with van der Waals surface area (Å²) < 4.78 is 56.6. The van der Waals surface area contributed by atoms with Crippen LogP contribution in [0.2, 0.25) is 0 Å². The SMILES string of the molecule is Cc1ccc(OCCNC(=O)CN(c2ccc(F)c(F)c2)S(C)(=O)=O)cc1C. The van der Waals surface area contributed by atoms with E-state index < -0.39 is 34.1 Å². The predicted octanol–water partition coefficient (Wildman–Crippen LogP) is 2.54. The number of ether oxygens (including phenoxy) is 1. The van der Waals surface area contributed by atoms with Crippen molar-refractivity contribution >= 4 is 21.6 Å². The predicted molar refractivity (Wildman–Crippen MR) is 103 cm³/mol. The van der Waals surface area contributed by atoms with E-state index in [4.69, 9.17) is 4.74 Å². The van der Waals surface area contributed by atoms with Crippen LogP contribution in [0.3, 0.4) is 0 Å². The molecule has 2 aromatic rings. The number of benzene rings is 2. The second kappa shape index (κ2) is 9.01. The Balaban J connectivity index is 1.93. The molecule has 0 aromatic heterocycles. The summed E-state index contributed by atoms with van der Waals surface area (Å²) in [5.41, 5.74) is 2.08. The van der Waals surface area contributed by atoms with Crippen LogP contribution in [-0.4, -0.2) is 40.3 Å². The number of aryl methyl sites for hydroxylation is 2. The summed E-state index contributed by atoms with van der Waals surface area (Å²) in [7, 11) is -3.87. The Kier molecular flexibility index (Phi) is 6.95. The normalized spacial score (nSPS) is 11.2. The first-order valence-electron chi connectivity index (χ1n) is 8.47. The molecule has 0 saturated carbocycles. The maximum Gasteiger partial charge on any atom is 0.240 e. The van der Waals surface area contributed by atoms with Crippen molar-refractivity contribution in [3.05, 3.63) is 59.2 Å². The third-order valence-electron chi connectivity index (χ3n) is 4.05. The summed E-state index contributed by atoms with van der Waals surface area (Å²) in [6.07, 6.45) is 0.879. The molecule has 0 atom stereocenters. The van der Waals surface area contributed by atoms with Crippen LogP contribution in [0.1, 0.15) is 11.1 Å². The van der Waals surface area contributed by atoms with Gasteiger partial charge in [-0.25, -0.2) is 17.2 Å². The number of rotatable bonds is 8. The zero-order valence-electron chi connectivity index (χ0n) is 15.8. The standard InChI is InChI=1S/C19H22F2N2O4S/c1-13-4-6-16(10-14(13)2)27-9-8-22-19(24)12-23(28(3,25)26)15-5-7-17(20)18(21)11-15/h4-7,10-11H,8-9,12H2,1-3H3,(H,22,24). The smallest absolute Gasteiger partial charge is 0.240 e. The Labute approximate surface area is 163 Å². The van der Waals surface area contributed by atoms with E-state index in [1.54, 1.807) is 0 Å². The molecule has 0 aliphatic heterocycles. The maximum absolute atomic E-state index is 13.4. The Morgan fingerprint density at radius 1 is 1.07 bits per heavy atom. The lowest BCUT2D eigenvalue weighted by Crippen LogP contribution is -2.41. The fourth-order valence-corrected chi connectivity index (χ4v) is 3.24. The summed E-state index contributed by atoms with van der Waals surface area (Å²) in [6, 6.07) is 8.25. The highest BCUT2D eigenvalue weighted by Crippen LogP contribution is 2.20. The van der Waals surface area contributed by atoms with Gasteiger partial charge in [0.25, 0.3) is 0 Å². The van der Waals surface area contributed by atoms with Crippen LogP contribution in [0.25, 0.3) is 0 Å². The topological polar surface area (TPSA) is 75.7 Å². The highest BCUT2D eigenvalue weighted by atomic mass is 32.2. The lowest BCUT2D eigenvalue weighted by molar-refractivity contribution is -0.119. The number of nitrogens with zero attached hydrogens (tertiary/aromatic N) is 1. The molecule has 0 fully saturated rings. The van der Waals surface area contributed by atoms with E-state index in [0.717, 1.165) is 35.6 Å². The van der Waals surface area contributed by atoms with E-state index >= 15 is 0 Å². The van der Waals surface area contributed by atoms with Gasteiger partial charge in [0.2, 0.25) is 15.9 Å².